The molecule has 1 aliphatic carbocycles. The maximum atomic E-state index is 12.8. The van der Waals surface area contributed by atoms with Crippen LogP contribution in [0.5, 0.6) is 0 Å². The van der Waals surface area contributed by atoms with Crippen molar-refractivity contribution in [1.29, 1.82) is 0 Å². The Balaban J connectivity index is 1.46. The second kappa shape index (κ2) is 6.21. The smallest absolute Gasteiger partial charge is 0.261 e. The standard InChI is InChI=1S/C18H14N6O4S/c25-17-14-7-6-13(9-15(14)18(26)19-17)29(27,28)21-11-3-1-2-10(8-11)16-20-22-23-24(16)12-4-5-12/h1-3,6-9,12,21H,4-5H2,(H,19,25,26). The van der Waals surface area contributed by atoms with E-state index in [0.29, 0.717) is 17.1 Å². The summed E-state index contributed by atoms with van der Waals surface area (Å²) in [7, 11) is -3.98. The summed E-state index contributed by atoms with van der Waals surface area (Å²) in [5.41, 5.74) is 1.20. The van der Waals surface area contributed by atoms with Crippen LogP contribution < -0.4 is 10.0 Å². The van der Waals surface area contributed by atoms with Gasteiger partial charge in [-0.15, -0.1) is 5.10 Å². The van der Waals surface area contributed by atoms with Crippen molar-refractivity contribution in [3.05, 3.63) is 53.6 Å². The highest BCUT2D eigenvalue weighted by Crippen LogP contribution is 2.37. The number of nitrogens with zero attached hydrogens (tertiary/aromatic N) is 4. The zero-order valence-corrected chi connectivity index (χ0v) is 15.7. The molecule has 1 aliphatic heterocycles. The van der Waals surface area contributed by atoms with Crippen LogP contribution in [-0.4, -0.2) is 40.4 Å². The van der Waals surface area contributed by atoms with Gasteiger partial charge in [-0.1, -0.05) is 12.1 Å². The fourth-order valence-electron chi connectivity index (χ4n) is 3.20. The Hall–Kier alpha value is -3.60. The molecule has 1 saturated carbocycles. The van der Waals surface area contributed by atoms with Crippen molar-refractivity contribution in [3.63, 3.8) is 0 Å². The van der Waals surface area contributed by atoms with Gasteiger partial charge in [-0.3, -0.25) is 19.6 Å². The number of amides is 2. The number of benzene rings is 2. The first kappa shape index (κ1) is 17.5. The van der Waals surface area contributed by atoms with E-state index in [-0.39, 0.29) is 22.1 Å². The molecule has 2 aliphatic rings. The van der Waals surface area contributed by atoms with Gasteiger partial charge < -0.3 is 0 Å². The lowest BCUT2D eigenvalue weighted by atomic mass is 10.1. The predicted octanol–water partition coefficient (Wildman–Crippen LogP) is 1.36. The van der Waals surface area contributed by atoms with Gasteiger partial charge in [0.15, 0.2) is 5.82 Å². The van der Waals surface area contributed by atoms with Crippen LogP contribution in [0.2, 0.25) is 0 Å². The van der Waals surface area contributed by atoms with Crippen LogP contribution in [0.3, 0.4) is 0 Å². The molecule has 0 radical (unpaired) electrons. The molecule has 10 nitrogen and oxygen atoms in total. The lowest BCUT2D eigenvalue weighted by Crippen LogP contribution is -2.19. The quantitative estimate of drug-likeness (QED) is 0.606. The number of nitrogens with one attached hydrogen (secondary N) is 2. The summed E-state index contributed by atoms with van der Waals surface area (Å²) in [6.07, 6.45) is 2.03. The van der Waals surface area contributed by atoms with Crippen LogP contribution >= 0.6 is 0 Å². The number of fused-ring (bicyclic) bond motifs is 1. The van der Waals surface area contributed by atoms with Gasteiger partial charge in [0, 0.05) is 11.3 Å². The molecular formula is C18H14N6O4S. The fourth-order valence-corrected chi connectivity index (χ4v) is 4.27. The van der Waals surface area contributed by atoms with Crippen molar-refractivity contribution in [2.75, 3.05) is 4.72 Å². The summed E-state index contributed by atoms with van der Waals surface area (Å²) in [6.45, 7) is 0. The number of anilines is 1. The predicted molar refractivity (Wildman–Crippen MR) is 101 cm³/mol. The van der Waals surface area contributed by atoms with Gasteiger partial charge in [-0.25, -0.2) is 13.1 Å². The highest BCUT2D eigenvalue weighted by molar-refractivity contribution is 7.92. The van der Waals surface area contributed by atoms with Crippen molar-refractivity contribution in [2.45, 2.75) is 23.8 Å². The lowest BCUT2D eigenvalue weighted by molar-refractivity contribution is 0.0879. The maximum absolute atomic E-state index is 12.8. The molecular weight excluding hydrogens is 396 g/mol. The third-order valence-corrected chi connectivity index (χ3v) is 6.16. The Labute approximate surface area is 165 Å². The first-order valence-electron chi connectivity index (χ1n) is 8.83. The number of hydrogen-bond acceptors (Lipinski definition) is 7. The number of imide groups is 1. The van der Waals surface area contributed by atoms with Crippen LogP contribution in [-0.2, 0) is 10.0 Å². The molecule has 2 heterocycles. The molecule has 29 heavy (non-hydrogen) atoms. The maximum Gasteiger partial charge on any atom is 0.261 e. The van der Waals surface area contributed by atoms with E-state index in [0.717, 1.165) is 12.8 Å². The van der Waals surface area contributed by atoms with Crippen molar-refractivity contribution in [1.82, 2.24) is 25.5 Å². The molecule has 0 bridgehead atoms. The zero-order chi connectivity index (χ0) is 20.2. The molecule has 1 aromatic heterocycles. The molecule has 2 N–H and O–H groups in total. The summed E-state index contributed by atoms with van der Waals surface area (Å²) < 4.78 is 29.8. The average Bonchev–Trinajstić information content (AvgIpc) is 3.35. The monoisotopic (exact) mass is 410 g/mol. The van der Waals surface area contributed by atoms with Crippen LogP contribution in [0.25, 0.3) is 11.4 Å². The summed E-state index contributed by atoms with van der Waals surface area (Å²) in [5.74, 6) is -0.583. The van der Waals surface area contributed by atoms with Gasteiger partial charge in [-0.05, 0) is 53.6 Å². The van der Waals surface area contributed by atoms with Crippen molar-refractivity contribution in [3.8, 4) is 11.4 Å². The van der Waals surface area contributed by atoms with Gasteiger partial charge in [-0.2, -0.15) is 0 Å². The van der Waals surface area contributed by atoms with E-state index in [1.165, 1.54) is 18.2 Å². The van der Waals surface area contributed by atoms with Gasteiger partial charge in [0.1, 0.15) is 0 Å². The molecule has 0 spiro atoms. The third-order valence-electron chi connectivity index (χ3n) is 4.78. The number of aromatic nitrogens is 4. The fraction of sp³-hybridized carbons (Fsp3) is 0.167. The van der Waals surface area contributed by atoms with E-state index in [1.807, 2.05) is 0 Å². The lowest BCUT2D eigenvalue weighted by Gasteiger charge is -2.10. The molecule has 2 amide bonds. The number of hydrogen-bond donors (Lipinski definition) is 2. The zero-order valence-electron chi connectivity index (χ0n) is 14.9. The van der Waals surface area contributed by atoms with Crippen LogP contribution in [0.4, 0.5) is 5.69 Å². The molecule has 0 atom stereocenters. The van der Waals surface area contributed by atoms with E-state index in [9.17, 15) is 18.0 Å². The van der Waals surface area contributed by atoms with E-state index in [2.05, 4.69) is 25.6 Å². The van der Waals surface area contributed by atoms with Gasteiger partial charge in [0.25, 0.3) is 21.8 Å². The highest BCUT2D eigenvalue weighted by atomic mass is 32.2. The summed E-state index contributed by atoms with van der Waals surface area (Å²) in [5, 5.41) is 13.9. The summed E-state index contributed by atoms with van der Waals surface area (Å²) >= 11 is 0. The van der Waals surface area contributed by atoms with Crippen LogP contribution in [0, 0.1) is 0 Å². The average molecular weight is 410 g/mol. The molecule has 3 aromatic rings. The molecule has 0 unspecified atom stereocenters. The first-order chi connectivity index (χ1) is 13.9. The third kappa shape index (κ3) is 3.05. The van der Waals surface area contributed by atoms with Gasteiger partial charge in [0.2, 0.25) is 0 Å². The van der Waals surface area contributed by atoms with E-state index < -0.39 is 21.8 Å². The first-order valence-corrected chi connectivity index (χ1v) is 10.3. The second-order valence-corrected chi connectivity index (χ2v) is 8.54. The van der Waals surface area contributed by atoms with Crippen LogP contribution in [0.1, 0.15) is 39.6 Å². The van der Waals surface area contributed by atoms with Crippen LogP contribution in [0.15, 0.2) is 47.4 Å². The Kier molecular flexibility index (Phi) is 3.74. The summed E-state index contributed by atoms with van der Waals surface area (Å²) in [6, 6.07) is 10.8. The Morgan fingerprint density at radius 3 is 2.62 bits per heavy atom. The number of sulfonamides is 1. The largest absolute Gasteiger partial charge is 0.288 e. The molecule has 1 fully saturated rings. The van der Waals surface area contributed by atoms with Gasteiger partial charge >= 0.3 is 0 Å². The number of tetrazole rings is 1. The molecule has 0 saturated heterocycles. The molecule has 2 aromatic carbocycles. The Morgan fingerprint density at radius 1 is 1.03 bits per heavy atom. The molecule has 11 heteroatoms. The number of carbonyl (C=O) groups is 2. The topological polar surface area (TPSA) is 136 Å². The van der Waals surface area contributed by atoms with E-state index in [4.69, 9.17) is 0 Å². The normalized spacial score (nSPS) is 15.9. The second-order valence-electron chi connectivity index (χ2n) is 6.86. The summed E-state index contributed by atoms with van der Waals surface area (Å²) in [4.78, 5) is 23.3. The van der Waals surface area contributed by atoms with E-state index in [1.54, 1.807) is 28.9 Å². The SMILES string of the molecule is O=C1NC(=O)c2cc(S(=O)(=O)Nc3cccc(-c4nnnn4C4CC4)c3)ccc21. The Morgan fingerprint density at radius 2 is 1.83 bits per heavy atom. The number of carbonyl (C=O) groups excluding carboxylic acids is 2. The van der Waals surface area contributed by atoms with Crippen molar-refractivity contribution in [2.24, 2.45) is 0 Å². The van der Waals surface area contributed by atoms with Gasteiger partial charge in [0.05, 0.1) is 22.1 Å². The minimum Gasteiger partial charge on any atom is -0.288 e. The minimum atomic E-state index is -3.98. The van der Waals surface area contributed by atoms with Crippen molar-refractivity contribution < 1.29 is 18.0 Å². The number of rotatable bonds is 5. The molecule has 5 rings (SSSR count). The molecule has 146 valence electrons. The van der Waals surface area contributed by atoms with E-state index >= 15 is 0 Å². The Bertz CT molecular complexity index is 1280. The minimum absolute atomic E-state index is 0.0373. The van der Waals surface area contributed by atoms with Crippen molar-refractivity contribution >= 4 is 27.5 Å². The highest BCUT2D eigenvalue weighted by Gasteiger charge is 2.30.